The molecule has 1 heterocycles. The highest BCUT2D eigenvalue weighted by Gasteiger charge is 2.09. The van der Waals surface area contributed by atoms with Gasteiger partial charge < -0.3 is 14.8 Å². The van der Waals surface area contributed by atoms with Gasteiger partial charge in [-0.2, -0.15) is 0 Å². The van der Waals surface area contributed by atoms with Gasteiger partial charge in [0.1, 0.15) is 11.5 Å². The second-order valence-corrected chi connectivity index (χ2v) is 6.65. The summed E-state index contributed by atoms with van der Waals surface area (Å²) >= 11 is 1.44. The third-order valence-electron chi connectivity index (χ3n) is 3.74. The number of amides is 1. The molecule has 25 heavy (non-hydrogen) atoms. The summed E-state index contributed by atoms with van der Waals surface area (Å²) < 4.78 is 11.9. The van der Waals surface area contributed by atoms with Crippen molar-refractivity contribution in [2.75, 3.05) is 19.0 Å². The molecule has 0 aliphatic carbocycles. The fraction of sp³-hybridized carbons (Fsp3) is 0.263. The topological polar surface area (TPSA) is 60.5 Å². The number of hydrogen-bond acceptors (Lipinski definition) is 5. The number of thiazole rings is 1. The lowest BCUT2D eigenvalue weighted by atomic mass is 10.2. The second-order valence-electron chi connectivity index (χ2n) is 5.62. The van der Waals surface area contributed by atoms with Gasteiger partial charge in [0.15, 0.2) is 5.13 Å². The maximum absolute atomic E-state index is 12.1. The van der Waals surface area contributed by atoms with Crippen molar-refractivity contribution in [3.63, 3.8) is 0 Å². The van der Waals surface area contributed by atoms with Crippen LogP contribution in [0.2, 0.25) is 0 Å². The molecule has 0 aliphatic heterocycles. The number of fused-ring (bicyclic) bond motifs is 1. The van der Waals surface area contributed by atoms with Gasteiger partial charge >= 0.3 is 0 Å². The number of benzene rings is 2. The Kier molecular flexibility index (Phi) is 5.50. The molecule has 0 fully saturated rings. The number of ether oxygens (including phenoxy) is 2. The second kappa shape index (κ2) is 7.98. The molecule has 2 aromatic carbocycles. The molecular weight excluding hydrogens is 336 g/mol. The highest BCUT2D eigenvalue weighted by Crippen LogP contribution is 2.29. The summed E-state index contributed by atoms with van der Waals surface area (Å²) in [5, 5.41) is 3.46. The first-order valence-corrected chi connectivity index (χ1v) is 8.90. The first-order valence-electron chi connectivity index (χ1n) is 8.08. The number of anilines is 1. The standard InChI is InChI=1S/C19H20N2O3S/c1-13-6-3-4-7-16(13)24-11-5-8-18(22)21-19-20-15-10-9-14(23-2)12-17(15)25-19/h3-4,6-7,9-10,12H,5,8,11H2,1-2H3,(H,20,21,22). The molecule has 0 bridgehead atoms. The van der Waals surface area contributed by atoms with E-state index in [2.05, 4.69) is 10.3 Å². The number of nitrogens with one attached hydrogen (secondary N) is 1. The van der Waals surface area contributed by atoms with E-state index in [1.807, 2.05) is 49.4 Å². The van der Waals surface area contributed by atoms with Crippen molar-refractivity contribution in [3.8, 4) is 11.5 Å². The molecule has 5 nitrogen and oxygen atoms in total. The zero-order valence-electron chi connectivity index (χ0n) is 14.2. The van der Waals surface area contributed by atoms with Crippen LogP contribution in [-0.4, -0.2) is 24.6 Å². The average molecular weight is 356 g/mol. The first-order chi connectivity index (χ1) is 12.2. The van der Waals surface area contributed by atoms with Gasteiger partial charge in [0, 0.05) is 6.42 Å². The van der Waals surface area contributed by atoms with Crippen molar-refractivity contribution < 1.29 is 14.3 Å². The summed E-state index contributed by atoms with van der Waals surface area (Å²) in [6, 6.07) is 13.5. The summed E-state index contributed by atoms with van der Waals surface area (Å²) in [5.74, 6) is 1.59. The normalized spacial score (nSPS) is 10.6. The Morgan fingerprint density at radius 2 is 2.08 bits per heavy atom. The molecule has 1 N–H and O–H groups in total. The molecule has 0 saturated heterocycles. The molecular formula is C19H20N2O3S. The quantitative estimate of drug-likeness (QED) is 0.637. The summed E-state index contributed by atoms with van der Waals surface area (Å²) in [6.45, 7) is 2.51. The zero-order chi connectivity index (χ0) is 17.6. The molecule has 0 unspecified atom stereocenters. The minimum Gasteiger partial charge on any atom is -0.497 e. The predicted octanol–water partition coefficient (Wildman–Crippen LogP) is 4.41. The van der Waals surface area contributed by atoms with Crippen LogP contribution in [0.15, 0.2) is 42.5 Å². The van der Waals surface area contributed by atoms with Crippen molar-refractivity contribution in [1.29, 1.82) is 0 Å². The van der Waals surface area contributed by atoms with E-state index < -0.39 is 0 Å². The average Bonchev–Trinajstić information content (AvgIpc) is 3.01. The van der Waals surface area contributed by atoms with Gasteiger partial charge in [0.25, 0.3) is 0 Å². The van der Waals surface area contributed by atoms with E-state index in [4.69, 9.17) is 9.47 Å². The molecule has 0 spiro atoms. The third kappa shape index (κ3) is 4.48. The van der Waals surface area contributed by atoms with E-state index in [0.29, 0.717) is 24.6 Å². The number of carbonyl (C=O) groups is 1. The molecule has 130 valence electrons. The van der Waals surface area contributed by atoms with E-state index >= 15 is 0 Å². The van der Waals surface area contributed by atoms with Crippen molar-refractivity contribution in [2.24, 2.45) is 0 Å². The molecule has 0 saturated carbocycles. The lowest BCUT2D eigenvalue weighted by molar-refractivity contribution is -0.116. The van der Waals surface area contributed by atoms with Gasteiger partial charge in [-0.3, -0.25) is 4.79 Å². The number of para-hydroxylation sites is 1. The van der Waals surface area contributed by atoms with Crippen LogP contribution < -0.4 is 14.8 Å². The molecule has 0 aliphatic rings. The number of methoxy groups -OCH3 is 1. The molecule has 3 aromatic rings. The van der Waals surface area contributed by atoms with E-state index in [9.17, 15) is 4.79 Å². The van der Waals surface area contributed by atoms with E-state index in [0.717, 1.165) is 27.3 Å². The fourth-order valence-electron chi connectivity index (χ4n) is 2.40. The van der Waals surface area contributed by atoms with Gasteiger partial charge in [0.2, 0.25) is 5.91 Å². The third-order valence-corrected chi connectivity index (χ3v) is 4.67. The predicted molar refractivity (Wildman–Crippen MR) is 101 cm³/mol. The van der Waals surface area contributed by atoms with Gasteiger partial charge in [-0.05, 0) is 43.2 Å². The van der Waals surface area contributed by atoms with E-state index in [1.54, 1.807) is 7.11 Å². The smallest absolute Gasteiger partial charge is 0.226 e. The minimum atomic E-state index is -0.0561. The van der Waals surface area contributed by atoms with Crippen LogP contribution in [0, 0.1) is 6.92 Å². The lowest BCUT2D eigenvalue weighted by Gasteiger charge is -2.08. The Labute approximate surface area is 150 Å². The summed E-state index contributed by atoms with van der Waals surface area (Å²) in [6.07, 6.45) is 1.05. The van der Waals surface area contributed by atoms with Crippen LogP contribution in [0.1, 0.15) is 18.4 Å². The van der Waals surface area contributed by atoms with Gasteiger partial charge in [-0.15, -0.1) is 0 Å². The van der Waals surface area contributed by atoms with E-state index in [-0.39, 0.29) is 5.91 Å². The minimum absolute atomic E-state index is 0.0561. The Hall–Kier alpha value is -2.60. The van der Waals surface area contributed by atoms with Gasteiger partial charge in [0.05, 0.1) is 23.9 Å². The van der Waals surface area contributed by atoms with Crippen molar-refractivity contribution >= 4 is 32.6 Å². The maximum atomic E-state index is 12.1. The fourth-order valence-corrected chi connectivity index (χ4v) is 3.31. The van der Waals surface area contributed by atoms with Crippen molar-refractivity contribution in [3.05, 3.63) is 48.0 Å². The number of rotatable bonds is 7. The zero-order valence-corrected chi connectivity index (χ0v) is 15.1. The highest BCUT2D eigenvalue weighted by molar-refractivity contribution is 7.22. The Balaban J connectivity index is 1.48. The molecule has 0 radical (unpaired) electrons. The molecule has 1 aromatic heterocycles. The number of carbonyl (C=O) groups excluding carboxylic acids is 1. The van der Waals surface area contributed by atoms with Crippen molar-refractivity contribution in [2.45, 2.75) is 19.8 Å². The van der Waals surface area contributed by atoms with Crippen LogP contribution >= 0.6 is 11.3 Å². The Morgan fingerprint density at radius 3 is 2.88 bits per heavy atom. The largest absolute Gasteiger partial charge is 0.497 e. The van der Waals surface area contributed by atoms with Crippen LogP contribution in [0.25, 0.3) is 10.2 Å². The SMILES string of the molecule is COc1ccc2nc(NC(=O)CCCOc3ccccc3C)sc2c1. The number of aromatic nitrogens is 1. The van der Waals surface area contributed by atoms with E-state index in [1.165, 1.54) is 11.3 Å². The maximum Gasteiger partial charge on any atom is 0.226 e. The molecule has 3 rings (SSSR count). The van der Waals surface area contributed by atoms with Gasteiger partial charge in [-0.1, -0.05) is 29.5 Å². The van der Waals surface area contributed by atoms with Gasteiger partial charge in [-0.25, -0.2) is 4.98 Å². The monoisotopic (exact) mass is 356 g/mol. The Morgan fingerprint density at radius 1 is 1.24 bits per heavy atom. The molecule has 6 heteroatoms. The Bertz CT molecular complexity index is 876. The number of hydrogen-bond donors (Lipinski definition) is 1. The summed E-state index contributed by atoms with van der Waals surface area (Å²) in [7, 11) is 1.63. The number of aryl methyl sites for hydroxylation is 1. The summed E-state index contributed by atoms with van der Waals surface area (Å²) in [4.78, 5) is 16.5. The van der Waals surface area contributed by atoms with Crippen LogP contribution in [0.3, 0.4) is 0 Å². The lowest BCUT2D eigenvalue weighted by Crippen LogP contribution is -2.12. The molecule has 1 amide bonds. The number of nitrogens with zero attached hydrogens (tertiary/aromatic N) is 1. The first kappa shape index (κ1) is 17.2. The van der Waals surface area contributed by atoms with Crippen molar-refractivity contribution in [1.82, 2.24) is 4.98 Å². The van der Waals surface area contributed by atoms with Crippen LogP contribution in [0.5, 0.6) is 11.5 Å². The molecule has 0 atom stereocenters. The summed E-state index contributed by atoms with van der Waals surface area (Å²) in [5.41, 5.74) is 1.95. The highest BCUT2D eigenvalue weighted by atomic mass is 32.1. The van der Waals surface area contributed by atoms with Crippen LogP contribution in [-0.2, 0) is 4.79 Å². The van der Waals surface area contributed by atoms with Crippen LogP contribution in [0.4, 0.5) is 5.13 Å².